The number of benzene rings is 2. The summed E-state index contributed by atoms with van der Waals surface area (Å²) in [4.78, 5) is 39.2. The molecule has 34 heavy (non-hydrogen) atoms. The third-order valence-electron chi connectivity index (χ3n) is 5.52. The second-order valence-corrected chi connectivity index (χ2v) is 8.11. The van der Waals surface area contributed by atoms with Crippen LogP contribution in [0.25, 0.3) is 11.8 Å². The Bertz CT molecular complexity index is 1320. The second kappa shape index (κ2) is 9.44. The van der Waals surface area contributed by atoms with Gasteiger partial charge in [0.05, 0.1) is 17.9 Å². The van der Waals surface area contributed by atoms with E-state index in [9.17, 15) is 14.4 Å². The zero-order valence-corrected chi connectivity index (χ0v) is 19.8. The van der Waals surface area contributed by atoms with Crippen molar-refractivity contribution in [3.8, 4) is 5.69 Å². The highest BCUT2D eigenvalue weighted by Crippen LogP contribution is 2.26. The summed E-state index contributed by atoms with van der Waals surface area (Å²) >= 11 is 5.25. The first-order valence-corrected chi connectivity index (χ1v) is 11.2. The number of ether oxygens (including phenoxy) is 1. The van der Waals surface area contributed by atoms with Crippen LogP contribution in [0.2, 0.25) is 0 Å². The summed E-state index contributed by atoms with van der Waals surface area (Å²) in [5.41, 5.74) is 4.37. The van der Waals surface area contributed by atoms with Crippen LogP contribution in [0, 0.1) is 13.8 Å². The zero-order chi connectivity index (χ0) is 24.4. The summed E-state index contributed by atoms with van der Waals surface area (Å²) in [6.45, 7) is 5.91. The molecular formula is C26H23N3O4S. The first kappa shape index (κ1) is 23.1. The quantitative estimate of drug-likeness (QED) is 0.261. The number of thiocarbonyl (C=S) groups is 1. The molecule has 3 aromatic rings. The highest BCUT2D eigenvalue weighted by Gasteiger charge is 2.34. The lowest BCUT2D eigenvalue weighted by Crippen LogP contribution is -2.54. The number of esters is 1. The van der Waals surface area contributed by atoms with Crippen LogP contribution in [0.15, 0.2) is 66.2 Å². The summed E-state index contributed by atoms with van der Waals surface area (Å²) in [6.07, 6.45) is 1.58. The van der Waals surface area contributed by atoms with Crippen LogP contribution in [0.5, 0.6) is 0 Å². The molecule has 0 aliphatic carbocycles. The highest BCUT2D eigenvalue weighted by atomic mass is 32.1. The number of nitrogens with one attached hydrogen (secondary N) is 1. The van der Waals surface area contributed by atoms with Gasteiger partial charge in [-0.05, 0) is 87.1 Å². The predicted octanol–water partition coefficient (Wildman–Crippen LogP) is 4.10. The Hall–Kier alpha value is -4.04. The maximum atomic E-state index is 13.2. The van der Waals surface area contributed by atoms with Crippen LogP contribution in [0.3, 0.4) is 0 Å². The van der Waals surface area contributed by atoms with Gasteiger partial charge in [0.2, 0.25) is 0 Å². The minimum Gasteiger partial charge on any atom is -0.462 e. The first-order chi connectivity index (χ1) is 16.3. The van der Waals surface area contributed by atoms with Crippen LogP contribution in [-0.4, -0.2) is 34.1 Å². The van der Waals surface area contributed by atoms with Crippen LogP contribution in [-0.2, 0) is 14.3 Å². The molecule has 172 valence electrons. The van der Waals surface area contributed by atoms with E-state index in [0.717, 1.165) is 22.6 Å². The molecular weight excluding hydrogens is 450 g/mol. The highest BCUT2D eigenvalue weighted by molar-refractivity contribution is 7.80. The SMILES string of the molecule is CCOC(=O)c1ccc(-n2c(C)cc(/C=C3\C(=O)NC(=S)N(c4ccccc4)C3=O)c2C)cc1. The lowest BCUT2D eigenvalue weighted by molar-refractivity contribution is -0.122. The van der Waals surface area contributed by atoms with Crippen molar-refractivity contribution < 1.29 is 19.1 Å². The Labute approximate surface area is 202 Å². The monoisotopic (exact) mass is 473 g/mol. The smallest absolute Gasteiger partial charge is 0.338 e. The zero-order valence-electron chi connectivity index (χ0n) is 19.0. The van der Waals surface area contributed by atoms with Gasteiger partial charge in [0.15, 0.2) is 5.11 Å². The van der Waals surface area contributed by atoms with Crippen molar-refractivity contribution in [2.45, 2.75) is 20.8 Å². The summed E-state index contributed by atoms with van der Waals surface area (Å²) in [6, 6.07) is 17.9. The van der Waals surface area contributed by atoms with E-state index in [2.05, 4.69) is 5.32 Å². The van der Waals surface area contributed by atoms with E-state index < -0.39 is 11.8 Å². The van der Waals surface area contributed by atoms with E-state index in [1.807, 2.05) is 42.7 Å². The lowest BCUT2D eigenvalue weighted by atomic mass is 10.1. The minimum atomic E-state index is -0.536. The van der Waals surface area contributed by atoms with Crippen molar-refractivity contribution in [2.24, 2.45) is 0 Å². The van der Waals surface area contributed by atoms with Gasteiger partial charge in [0, 0.05) is 17.1 Å². The van der Waals surface area contributed by atoms with Gasteiger partial charge < -0.3 is 9.30 Å². The van der Waals surface area contributed by atoms with Crippen LogP contribution < -0.4 is 10.2 Å². The minimum absolute atomic E-state index is 0.00429. The molecule has 2 aromatic carbocycles. The summed E-state index contributed by atoms with van der Waals surface area (Å²) in [7, 11) is 0. The third-order valence-corrected chi connectivity index (χ3v) is 5.81. The predicted molar refractivity (Wildman–Crippen MR) is 134 cm³/mol. The summed E-state index contributed by atoms with van der Waals surface area (Å²) in [5.74, 6) is -1.39. The first-order valence-electron chi connectivity index (χ1n) is 10.7. The van der Waals surface area contributed by atoms with E-state index in [1.54, 1.807) is 49.4 Å². The van der Waals surface area contributed by atoms with Gasteiger partial charge in [-0.3, -0.25) is 19.8 Å². The molecule has 0 radical (unpaired) electrons. The molecule has 8 heteroatoms. The van der Waals surface area contributed by atoms with Gasteiger partial charge in [-0.1, -0.05) is 18.2 Å². The molecule has 0 bridgehead atoms. The normalized spacial score (nSPS) is 15.0. The van der Waals surface area contributed by atoms with E-state index in [4.69, 9.17) is 17.0 Å². The molecule has 0 atom stereocenters. The Morgan fingerprint density at radius 3 is 2.35 bits per heavy atom. The molecule has 0 unspecified atom stereocenters. The van der Waals surface area contributed by atoms with Gasteiger partial charge in [-0.25, -0.2) is 4.79 Å². The molecule has 1 aliphatic rings. The molecule has 0 spiro atoms. The number of carbonyl (C=O) groups is 3. The lowest BCUT2D eigenvalue weighted by Gasteiger charge is -2.28. The fourth-order valence-electron chi connectivity index (χ4n) is 3.92. The Morgan fingerprint density at radius 1 is 1.03 bits per heavy atom. The molecule has 1 aliphatic heterocycles. The van der Waals surface area contributed by atoms with Crippen molar-refractivity contribution >= 4 is 46.9 Å². The van der Waals surface area contributed by atoms with Crippen molar-refractivity contribution in [2.75, 3.05) is 11.5 Å². The number of para-hydroxylation sites is 1. The van der Waals surface area contributed by atoms with E-state index in [0.29, 0.717) is 17.9 Å². The molecule has 1 fully saturated rings. The summed E-state index contributed by atoms with van der Waals surface area (Å²) < 4.78 is 7.03. The number of rotatable bonds is 5. The van der Waals surface area contributed by atoms with Gasteiger partial charge in [0.25, 0.3) is 11.8 Å². The fraction of sp³-hybridized carbons (Fsp3) is 0.154. The number of amides is 2. The largest absolute Gasteiger partial charge is 0.462 e. The Morgan fingerprint density at radius 2 is 1.71 bits per heavy atom. The molecule has 1 N–H and O–H groups in total. The molecule has 0 saturated carbocycles. The van der Waals surface area contributed by atoms with Crippen LogP contribution in [0.1, 0.15) is 34.2 Å². The molecule has 2 heterocycles. The number of hydrogen-bond donors (Lipinski definition) is 1. The number of aromatic nitrogens is 1. The maximum Gasteiger partial charge on any atom is 0.338 e. The van der Waals surface area contributed by atoms with E-state index >= 15 is 0 Å². The average Bonchev–Trinajstić information content (AvgIpc) is 3.10. The fourth-order valence-corrected chi connectivity index (χ4v) is 4.20. The topological polar surface area (TPSA) is 80.6 Å². The third kappa shape index (κ3) is 4.27. The number of carbonyl (C=O) groups excluding carboxylic acids is 3. The van der Waals surface area contributed by atoms with Gasteiger partial charge in [-0.2, -0.15) is 0 Å². The second-order valence-electron chi connectivity index (χ2n) is 7.72. The van der Waals surface area contributed by atoms with Gasteiger partial charge in [0.1, 0.15) is 5.57 Å². The van der Waals surface area contributed by atoms with Crippen LogP contribution >= 0.6 is 12.2 Å². The average molecular weight is 474 g/mol. The van der Waals surface area contributed by atoms with Crippen molar-refractivity contribution in [1.82, 2.24) is 9.88 Å². The van der Waals surface area contributed by atoms with E-state index in [1.165, 1.54) is 4.90 Å². The number of aryl methyl sites for hydroxylation is 1. The standard InChI is InChI=1S/C26H23N3O4S/c1-4-33-25(32)18-10-12-21(13-11-18)28-16(2)14-19(17(28)3)15-22-23(30)27-26(34)29(24(22)31)20-8-6-5-7-9-20/h5-15H,4H2,1-3H3,(H,27,30,34)/b22-15+. The molecule has 1 aromatic heterocycles. The van der Waals surface area contributed by atoms with Crippen molar-refractivity contribution in [1.29, 1.82) is 0 Å². The summed E-state index contributed by atoms with van der Waals surface area (Å²) in [5, 5.41) is 2.65. The van der Waals surface area contributed by atoms with E-state index in [-0.39, 0.29) is 16.7 Å². The number of anilines is 1. The van der Waals surface area contributed by atoms with Crippen molar-refractivity contribution in [3.05, 3.63) is 88.8 Å². The number of hydrogen-bond acceptors (Lipinski definition) is 5. The van der Waals surface area contributed by atoms with Gasteiger partial charge >= 0.3 is 5.97 Å². The molecule has 4 rings (SSSR count). The Balaban J connectivity index is 1.69. The maximum absolute atomic E-state index is 13.2. The van der Waals surface area contributed by atoms with Gasteiger partial charge in [-0.15, -0.1) is 0 Å². The molecule has 7 nitrogen and oxygen atoms in total. The number of nitrogens with zero attached hydrogens (tertiary/aromatic N) is 2. The Kier molecular flexibility index (Phi) is 6.43. The molecule has 1 saturated heterocycles. The van der Waals surface area contributed by atoms with Crippen molar-refractivity contribution in [3.63, 3.8) is 0 Å². The molecule has 2 amide bonds. The van der Waals surface area contributed by atoms with Crippen LogP contribution in [0.4, 0.5) is 5.69 Å².